The van der Waals surface area contributed by atoms with Gasteiger partial charge in [0.1, 0.15) is 5.75 Å². The Morgan fingerprint density at radius 1 is 1.40 bits per heavy atom. The zero-order valence-electron chi connectivity index (χ0n) is 8.67. The monoisotopic (exact) mass is 269 g/mol. The van der Waals surface area contributed by atoms with E-state index in [0.29, 0.717) is 12.3 Å². The molecule has 0 saturated heterocycles. The van der Waals surface area contributed by atoms with Crippen molar-refractivity contribution >= 4 is 15.9 Å². The summed E-state index contributed by atoms with van der Waals surface area (Å²) in [5.74, 6) is 0.400. The third-order valence-corrected chi connectivity index (χ3v) is 4.12. The Balaban J connectivity index is 2.42. The summed E-state index contributed by atoms with van der Waals surface area (Å²) in [5.41, 5.74) is 6.85. The maximum Gasteiger partial charge on any atom is 0.120 e. The second-order valence-corrected chi connectivity index (χ2v) is 5.16. The number of phenols is 1. The number of nitrogens with two attached hydrogens (primary N) is 1. The van der Waals surface area contributed by atoms with Crippen LogP contribution in [0.3, 0.4) is 0 Å². The molecule has 3 N–H and O–H groups in total. The number of rotatable bonds is 3. The van der Waals surface area contributed by atoms with E-state index in [4.69, 9.17) is 5.73 Å². The van der Waals surface area contributed by atoms with Crippen LogP contribution in [0.25, 0.3) is 0 Å². The molecule has 1 aromatic carbocycles. The van der Waals surface area contributed by atoms with Crippen molar-refractivity contribution in [1.82, 2.24) is 0 Å². The van der Waals surface area contributed by atoms with Gasteiger partial charge in [0.05, 0.1) is 0 Å². The van der Waals surface area contributed by atoms with Crippen molar-refractivity contribution in [2.24, 2.45) is 5.73 Å². The average molecular weight is 270 g/mol. The second-order valence-electron chi connectivity index (χ2n) is 4.31. The van der Waals surface area contributed by atoms with Crippen LogP contribution in [0.2, 0.25) is 0 Å². The Morgan fingerprint density at radius 2 is 2.13 bits per heavy atom. The van der Waals surface area contributed by atoms with Gasteiger partial charge in [-0.05, 0) is 37.9 Å². The Kier molecular flexibility index (Phi) is 3.03. The first kappa shape index (κ1) is 11.0. The van der Waals surface area contributed by atoms with Gasteiger partial charge < -0.3 is 10.8 Å². The number of hydrogen-bond donors (Lipinski definition) is 2. The van der Waals surface area contributed by atoms with Gasteiger partial charge in [-0.2, -0.15) is 0 Å². The fraction of sp³-hybridized carbons (Fsp3) is 0.500. The van der Waals surface area contributed by atoms with Crippen molar-refractivity contribution < 1.29 is 5.11 Å². The van der Waals surface area contributed by atoms with Gasteiger partial charge in [-0.1, -0.05) is 28.4 Å². The molecular formula is C12H16BrNO. The molecule has 2 rings (SSSR count). The van der Waals surface area contributed by atoms with Gasteiger partial charge in [0.15, 0.2) is 0 Å². The highest BCUT2D eigenvalue weighted by molar-refractivity contribution is 9.10. The van der Waals surface area contributed by atoms with E-state index in [0.717, 1.165) is 29.3 Å². The summed E-state index contributed by atoms with van der Waals surface area (Å²) < 4.78 is 1.01. The molecule has 0 radical (unpaired) electrons. The van der Waals surface area contributed by atoms with Crippen LogP contribution in [0.15, 0.2) is 22.7 Å². The maximum atomic E-state index is 9.95. The largest absolute Gasteiger partial charge is 0.508 e. The van der Waals surface area contributed by atoms with Crippen molar-refractivity contribution in [1.29, 1.82) is 0 Å². The molecule has 0 bridgehead atoms. The highest BCUT2D eigenvalue weighted by Crippen LogP contribution is 2.51. The van der Waals surface area contributed by atoms with Crippen LogP contribution in [0.5, 0.6) is 5.75 Å². The van der Waals surface area contributed by atoms with E-state index < -0.39 is 0 Å². The van der Waals surface area contributed by atoms with Crippen molar-refractivity contribution in [3.63, 3.8) is 0 Å². The minimum Gasteiger partial charge on any atom is -0.508 e. The van der Waals surface area contributed by atoms with Crippen LogP contribution in [0, 0.1) is 0 Å². The molecule has 0 atom stereocenters. The van der Waals surface area contributed by atoms with Crippen LogP contribution in [-0.4, -0.2) is 11.7 Å². The van der Waals surface area contributed by atoms with Crippen molar-refractivity contribution in [2.45, 2.75) is 31.1 Å². The highest BCUT2D eigenvalue weighted by atomic mass is 79.9. The standard InChI is InChI=1S/C12H16BrNO/c13-9-3-1-4-10(15)11(9)12(7-8-14)5-2-6-12/h1,3-4,15H,2,5-8,14H2. The van der Waals surface area contributed by atoms with E-state index in [2.05, 4.69) is 15.9 Å². The van der Waals surface area contributed by atoms with Crippen LogP contribution in [0.4, 0.5) is 0 Å². The Morgan fingerprint density at radius 3 is 2.60 bits per heavy atom. The summed E-state index contributed by atoms with van der Waals surface area (Å²) >= 11 is 3.53. The molecular weight excluding hydrogens is 254 g/mol. The van der Waals surface area contributed by atoms with Gasteiger partial charge >= 0.3 is 0 Å². The van der Waals surface area contributed by atoms with E-state index in [1.165, 1.54) is 6.42 Å². The number of benzene rings is 1. The quantitative estimate of drug-likeness (QED) is 0.887. The summed E-state index contributed by atoms with van der Waals surface area (Å²) in [7, 11) is 0. The first-order valence-corrected chi connectivity index (χ1v) is 6.17. The SMILES string of the molecule is NCCC1(c2c(O)cccc2Br)CCC1. The molecule has 1 aromatic rings. The lowest BCUT2D eigenvalue weighted by Crippen LogP contribution is -2.36. The Bertz CT molecular complexity index is 340. The van der Waals surface area contributed by atoms with E-state index in [-0.39, 0.29) is 5.41 Å². The topological polar surface area (TPSA) is 46.2 Å². The lowest BCUT2D eigenvalue weighted by molar-refractivity contribution is 0.221. The Labute approximate surface area is 98.6 Å². The van der Waals surface area contributed by atoms with Gasteiger partial charge in [0.25, 0.3) is 0 Å². The third kappa shape index (κ3) is 1.79. The van der Waals surface area contributed by atoms with E-state index in [1.807, 2.05) is 12.1 Å². The van der Waals surface area contributed by atoms with Crippen molar-refractivity contribution in [3.05, 3.63) is 28.2 Å². The smallest absolute Gasteiger partial charge is 0.120 e. The van der Waals surface area contributed by atoms with Gasteiger partial charge in [-0.25, -0.2) is 0 Å². The summed E-state index contributed by atoms with van der Waals surface area (Å²) in [6, 6.07) is 5.61. The number of aromatic hydroxyl groups is 1. The minimum atomic E-state index is 0.124. The van der Waals surface area contributed by atoms with Crippen LogP contribution < -0.4 is 5.73 Å². The first-order chi connectivity index (χ1) is 7.19. The molecule has 82 valence electrons. The summed E-state index contributed by atoms with van der Waals surface area (Å²) in [6.45, 7) is 0.681. The molecule has 0 heterocycles. The first-order valence-electron chi connectivity index (χ1n) is 5.38. The zero-order chi connectivity index (χ0) is 10.9. The molecule has 2 nitrogen and oxygen atoms in total. The molecule has 0 unspecified atom stereocenters. The summed E-state index contributed by atoms with van der Waals surface area (Å²) in [5, 5.41) is 9.95. The average Bonchev–Trinajstić information content (AvgIpc) is 2.13. The second kappa shape index (κ2) is 4.14. The molecule has 0 aromatic heterocycles. The molecule has 0 spiro atoms. The number of halogens is 1. The number of phenolic OH excluding ortho intramolecular Hbond substituents is 1. The molecule has 3 heteroatoms. The molecule has 1 aliphatic rings. The van der Waals surface area contributed by atoms with Crippen molar-refractivity contribution in [3.8, 4) is 5.75 Å². The maximum absolute atomic E-state index is 9.95. The highest BCUT2D eigenvalue weighted by Gasteiger charge is 2.40. The predicted octanol–water partition coefficient (Wildman–Crippen LogP) is 2.93. The molecule has 0 amide bonds. The molecule has 1 fully saturated rings. The van der Waals surface area contributed by atoms with Crippen LogP contribution in [0.1, 0.15) is 31.2 Å². The molecule has 1 saturated carbocycles. The molecule has 0 aliphatic heterocycles. The minimum absolute atomic E-state index is 0.124. The van der Waals surface area contributed by atoms with Crippen LogP contribution >= 0.6 is 15.9 Å². The predicted molar refractivity (Wildman–Crippen MR) is 65.0 cm³/mol. The lowest BCUT2D eigenvalue weighted by Gasteiger charge is -2.43. The fourth-order valence-corrected chi connectivity index (χ4v) is 3.32. The van der Waals surface area contributed by atoms with Crippen LogP contribution in [-0.2, 0) is 5.41 Å². The van der Waals surface area contributed by atoms with E-state index >= 15 is 0 Å². The van der Waals surface area contributed by atoms with E-state index in [1.54, 1.807) is 6.07 Å². The summed E-state index contributed by atoms with van der Waals surface area (Å²) in [6.07, 6.45) is 4.48. The van der Waals surface area contributed by atoms with Gasteiger partial charge in [-0.3, -0.25) is 0 Å². The lowest BCUT2D eigenvalue weighted by atomic mass is 9.62. The normalized spacial score (nSPS) is 18.5. The summed E-state index contributed by atoms with van der Waals surface area (Å²) in [4.78, 5) is 0. The number of hydrogen-bond acceptors (Lipinski definition) is 2. The van der Waals surface area contributed by atoms with Gasteiger partial charge in [0, 0.05) is 15.5 Å². The Hall–Kier alpha value is -0.540. The van der Waals surface area contributed by atoms with Gasteiger partial charge in [0.2, 0.25) is 0 Å². The third-order valence-electron chi connectivity index (χ3n) is 3.46. The van der Waals surface area contributed by atoms with Gasteiger partial charge in [-0.15, -0.1) is 0 Å². The van der Waals surface area contributed by atoms with Crippen molar-refractivity contribution in [2.75, 3.05) is 6.54 Å². The van der Waals surface area contributed by atoms with E-state index in [9.17, 15) is 5.11 Å². The fourth-order valence-electron chi connectivity index (χ4n) is 2.54. The molecule has 15 heavy (non-hydrogen) atoms. The molecule has 1 aliphatic carbocycles. The zero-order valence-corrected chi connectivity index (χ0v) is 10.3.